The Bertz CT molecular complexity index is 1480. The molecule has 2 saturated heterocycles. The minimum atomic E-state index is -1.06. The fraction of sp³-hybridized carbons (Fsp3) is 0.611. The molecule has 48 heavy (non-hydrogen) atoms. The van der Waals surface area contributed by atoms with Crippen LogP contribution in [0.4, 0.5) is 5.82 Å². The van der Waals surface area contributed by atoms with Crippen LogP contribution in [0.5, 0.6) is 0 Å². The first-order valence-corrected chi connectivity index (χ1v) is 17.4. The second-order valence-electron chi connectivity index (χ2n) is 15.2. The number of nitrogens with one attached hydrogen (secondary N) is 3. The lowest BCUT2D eigenvalue weighted by Gasteiger charge is -2.64. The predicted octanol–water partition coefficient (Wildman–Crippen LogP) is 3.55. The first-order chi connectivity index (χ1) is 22.8. The Balaban J connectivity index is 1.17. The lowest BCUT2D eigenvalue weighted by molar-refractivity contribution is -0.199. The Morgan fingerprint density at radius 3 is 2.33 bits per heavy atom. The molecular formula is C36H50BN5O6. The number of nitrogens with zero attached hydrogens (tertiary/aromatic N) is 2. The van der Waals surface area contributed by atoms with Gasteiger partial charge in [0.1, 0.15) is 11.9 Å². The van der Waals surface area contributed by atoms with E-state index in [-0.39, 0.29) is 29.9 Å². The van der Waals surface area contributed by atoms with E-state index in [0.29, 0.717) is 42.6 Å². The second kappa shape index (κ2) is 13.8. The van der Waals surface area contributed by atoms with E-state index in [1.54, 1.807) is 24.3 Å². The van der Waals surface area contributed by atoms with Crippen molar-refractivity contribution in [3.63, 3.8) is 0 Å². The van der Waals surface area contributed by atoms with Gasteiger partial charge in [0.05, 0.1) is 36.4 Å². The van der Waals surface area contributed by atoms with Gasteiger partial charge in [0.15, 0.2) is 0 Å². The van der Waals surface area contributed by atoms with Crippen LogP contribution < -0.4 is 20.9 Å². The lowest BCUT2D eigenvalue weighted by atomic mass is 9.43. The zero-order chi connectivity index (χ0) is 34.2. The van der Waals surface area contributed by atoms with Crippen LogP contribution in [0.2, 0.25) is 0 Å². The number of benzene rings is 1. The summed E-state index contributed by atoms with van der Waals surface area (Å²) in [5.41, 5.74) is 1.59. The molecule has 5 fully saturated rings. The molecule has 0 spiro atoms. The number of pyridine rings is 1. The van der Waals surface area contributed by atoms with E-state index < -0.39 is 36.5 Å². The summed E-state index contributed by atoms with van der Waals surface area (Å²) in [5, 5.41) is 8.86. The van der Waals surface area contributed by atoms with Crippen LogP contribution in [0, 0.1) is 30.1 Å². The molecule has 0 unspecified atom stereocenters. The summed E-state index contributed by atoms with van der Waals surface area (Å²) in [6.07, 6.45) is 4.19. The first-order valence-electron chi connectivity index (χ1n) is 17.4. The number of amides is 3. The van der Waals surface area contributed by atoms with Gasteiger partial charge in [-0.05, 0) is 80.5 Å². The van der Waals surface area contributed by atoms with Crippen molar-refractivity contribution in [2.75, 3.05) is 37.7 Å². The fourth-order valence-corrected chi connectivity index (χ4v) is 8.05. The van der Waals surface area contributed by atoms with Crippen LogP contribution in [0.1, 0.15) is 80.2 Å². The molecule has 12 heteroatoms. The molecule has 3 saturated carbocycles. The number of rotatable bonds is 11. The summed E-state index contributed by atoms with van der Waals surface area (Å²) in [7, 11) is -0.614. The van der Waals surface area contributed by atoms with Gasteiger partial charge in [0.2, 0.25) is 5.91 Å². The third-order valence-electron chi connectivity index (χ3n) is 11.1. The van der Waals surface area contributed by atoms with Crippen molar-refractivity contribution in [1.29, 1.82) is 0 Å². The standard InChI is InChI=1S/C36H50BN5O6/c1-22(2)17-30(37-47-29-19-26-18-28(35(26,4)5)36(29,6)48-37)41-34(45)27(21-39-32(43)24-9-7-23(3)8-10-24)40-33(44)25-11-12-31(38-20-25)42-13-15-46-16-14-42/h7-12,20,22,26-30H,13-19,21H2,1-6H3,(H,39,43)(H,40,44)(H,41,45)/t26-,27-,28-,29+,30-,36-/m0/s1. The molecule has 1 aromatic heterocycles. The molecule has 0 radical (unpaired) electrons. The molecule has 3 aliphatic carbocycles. The molecule has 6 atom stereocenters. The van der Waals surface area contributed by atoms with Crippen molar-refractivity contribution in [1.82, 2.24) is 20.9 Å². The minimum Gasteiger partial charge on any atom is -0.404 e. The van der Waals surface area contributed by atoms with Crippen molar-refractivity contribution < 1.29 is 28.4 Å². The average molecular weight is 660 g/mol. The van der Waals surface area contributed by atoms with Gasteiger partial charge in [-0.2, -0.15) is 0 Å². The van der Waals surface area contributed by atoms with Gasteiger partial charge < -0.3 is 34.9 Å². The van der Waals surface area contributed by atoms with E-state index in [1.807, 2.05) is 19.1 Å². The van der Waals surface area contributed by atoms with E-state index in [0.717, 1.165) is 37.3 Å². The maximum absolute atomic E-state index is 14.1. The third kappa shape index (κ3) is 6.98. The van der Waals surface area contributed by atoms with Gasteiger partial charge in [0.25, 0.3) is 11.8 Å². The molecule has 3 N–H and O–H groups in total. The van der Waals surface area contributed by atoms with E-state index in [2.05, 4.69) is 60.5 Å². The number of aryl methyl sites for hydroxylation is 1. The van der Waals surface area contributed by atoms with Gasteiger partial charge in [-0.15, -0.1) is 0 Å². The number of hydrogen-bond donors (Lipinski definition) is 3. The molecule has 2 bridgehead atoms. The molecule has 3 amide bonds. The van der Waals surface area contributed by atoms with Gasteiger partial charge in [-0.1, -0.05) is 45.4 Å². The van der Waals surface area contributed by atoms with Gasteiger partial charge >= 0.3 is 7.12 Å². The number of carbonyl (C=O) groups is 3. The zero-order valence-electron chi connectivity index (χ0n) is 29.1. The summed E-state index contributed by atoms with van der Waals surface area (Å²) in [6.45, 7) is 15.5. The highest BCUT2D eigenvalue weighted by Gasteiger charge is 2.68. The van der Waals surface area contributed by atoms with E-state index in [4.69, 9.17) is 14.0 Å². The van der Waals surface area contributed by atoms with Gasteiger partial charge in [0, 0.05) is 31.4 Å². The first kappa shape index (κ1) is 34.4. The minimum absolute atomic E-state index is 0.0249. The average Bonchev–Trinajstić information content (AvgIpc) is 3.44. The van der Waals surface area contributed by atoms with Crippen molar-refractivity contribution in [2.45, 2.75) is 84.5 Å². The summed E-state index contributed by atoms with van der Waals surface area (Å²) < 4.78 is 18.7. The van der Waals surface area contributed by atoms with Crippen LogP contribution in [-0.4, -0.2) is 86.4 Å². The van der Waals surface area contributed by atoms with E-state index in [1.165, 1.54) is 6.20 Å². The van der Waals surface area contributed by atoms with Gasteiger partial charge in [-0.25, -0.2) is 4.98 Å². The van der Waals surface area contributed by atoms with Crippen LogP contribution in [-0.2, 0) is 18.8 Å². The number of ether oxygens (including phenoxy) is 1. The molecular weight excluding hydrogens is 609 g/mol. The van der Waals surface area contributed by atoms with Crippen molar-refractivity contribution >= 4 is 30.7 Å². The van der Waals surface area contributed by atoms with Crippen molar-refractivity contribution in [3.05, 3.63) is 59.3 Å². The monoisotopic (exact) mass is 659 g/mol. The molecule has 2 aliphatic heterocycles. The van der Waals surface area contributed by atoms with Crippen LogP contribution in [0.25, 0.3) is 0 Å². The Morgan fingerprint density at radius 2 is 1.69 bits per heavy atom. The molecule has 1 aromatic carbocycles. The van der Waals surface area contributed by atoms with Crippen LogP contribution in [0.15, 0.2) is 42.6 Å². The summed E-state index contributed by atoms with van der Waals surface area (Å²) in [4.78, 5) is 47.2. The topological polar surface area (TPSA) is 131 Å². The summed E-state index contributed by atoms with van der Waals surface area (Å²) >= 11 is 0. The Hall–Kier alpha value is -3.48. The highest BCUT2D eigenvalue weighted by Crippen LogP contribution is 2.65. The molecule has 258 valence electrons. The molecule has 11 nitrogen and oxygen atoms in total. The Labute approximate surface area is 284 Å². The largest absolute Gasteiger partial charge is 0.481 e. The summed E-state index contributed by atoms with van der Waals surface area (Å²) in [5.74, 6) is 0.339. The maximum Gasteiger partial charge on any atom is 0.481 e. The smallest absolute Gasteiger partial charge is 0.404 e. The number of carbonyl (C=O) groups excluding carboxylic acids is 3. The molecule has 2 aromatic rings. The predicted molar refractivity (Wildman–Crippen MR) is 184 cm³/mol. The normalized spacial score (nSPS) is 27.0. The lowest BCUT2D eigenvalue weighted by Crippen LogP contribution is -2.65. The van der Waals surface area contributed by atoms with Crippen LogP contribution >= 0.6 is 0 Å². The molecule has 5 aliphatic rings. The SMILES string of the molecule is Cc1ccc(C(=O)NC[C@H](NC(=O)c2ccc(N3CCOCC3)nc2)C(=O)N[C@@H](CC(C)C)B2O[C@@H]3C[C@@H]4C[C@@H](C4(C)C)[C@]3(C)O2)cc1. The van der Waals surface area contributed by atoms with Gasteiger partial charge in [-0.3, -0.25) is 14.4 Å². The van der Waals surface area contributed by atoms with E-state index >= 15 is 0 Å². The number of anilines is 1. The number of morpholine rings is 1. The fourth-order valence-electron chi connectivity index (χ4n) is 8.05. The third-order valence-corrected chi connectivity index (χ3v) is 11.1. The molecule has 3 heterocycles. The Kier molecular flexibility index (Phi) is 9.89. The molecule has 7 rings (SSSR count). The number of aromatic nitrogens is 1. The Morgan fingerprint density at radius 1 is 0.979 bits per heavy atom. The zero-order valence-corrected chi connectivity index (χ0v) is 29.1. The van der Waals surface area contributed by atoms with Crippen molar-refractivity contribution in [3.8, 4) is 0 Å². The number of hydrogen-bond acceptors (Lipinski definition) is 8. The van der Waals surface area contributed by atoms with E-state index in [9.17, 15) is 14.4 Å². The highest BCUT2D eigenvalue weighted by molar-refractivity contribution is 6.48. The highest BCUT2D eigenvalue weighted by atomic mass is 16.7. The second-order valence-corrected chi connectivity index (χ2v) is 15.2. The maximum atomic E-state index is 14.1. The van der Waals surface area contributed by atoms with Crippen molar-refractivity contribution in [2.24, 2.45) is 23.2 Å². The van der Waals surface area contributed by atoms with Crippen LogP contribution in [0.3, 0.4) is 0 Å². The quantitative estimate of drug-likeness (QED) is 0.313. The summed E-state index contributed by atoms with van der Waals surface area (Å²) in [6, 6.07) is 9.62.